The van der Waals surface area contributed by atoms with Crippen molar-refractivity contribution >= 4 is 40.7 Å². The maximum Gasteiger partial charge on any atom is 0.407 e. The van der Waals surface area contributed by atoms with Crippen LogP contribution in [0.1, 0.15) is 66.7 Å². The molecule has 2 aromatic heterocycles. The van der Waals surface area contributed by atoms with E-state index >= 15 is 0 Å². The molecule has 11 nitrogen and oxygen atoms in total. The topological polar surface area (TPSA) is 146 Å². The number of hydrogen-bond acceptors (Lipinski definition) is 9. The van der Waals surface area contributed by atoms with Crippen LogP contribution < -0.4 is 16.0 Å². The van der Waals surface area contributed by atoms with Crippen LogP contribution in [-0.2, 0) is 35.5 Å². The molecule has 0 aliphatic rings. The number of thiazole rings is 2. The Morgan fingerprint density at radius 3 is 2.14 bits per heavy atom. The van der Waals surface area contributed by atoms with E-state index in [1.165, 1.54) is 16.2 Å². The Morgan fingerprint density at radius 2 is 1.56 bits per heavy atom. The molecule has 268 valence electrons. The van der Waals surface area contributed by atoms with Crippen molar-refractivity contribution in [3.63, 3.8) is 0 Å². The Kier molecular flexibility index (Phi) is 14.7. The van der Waals surface area contributed by atoms with Crippen LogP contribution in [0.5, 0.6) is 0 Å². The first kappa shape index (κ1) is 38.5. The Balaban J connectivity index is 1.46. The second-order valence-corrected chi connectivity index (χ2v) is 14.9. The van der Waals surface area contributed by atoms with Gasteiger partial charge in [0.15, 0.2) is 0 Å². The first-order valence-electron chi connectivity index (χ1n) is 16.8. The summed E-state index contributed by atoms with van der Waals surface area (Å²) in [4.78, 5) is 51.0. The predicted octanol–water partition coefficient (Wildman–Crippen LogP) is 5.91. The van der Waals surface area contributed by atoms with Crippen molar-refractivity contribution in [2.45, 2.75) is 90.3 Å². The van der Waals surface area contributed by atoms with E-state index in [2.05, 4.69) is 39.8 Å². The van der Waals surface area contributed by atoms with Gasteiger partial charge in [0.1, 0.15) is 12.6 Å². The molecule has 0 aliphatic carbocycles. The van der Waals surface area contributed by atoms with Crippen LogP contribution in [0.25, 0.3) is 0 Å². The fraction of sp³-hybridized carbons (Fsp3) is 0.432. The number of benzene rings is 2. The number of ether oxygens (including phenoxy) is 1. The lowest BCUT2D eigenvalue weighted by Crippen LogP contribution is -2.55. The molecule has 4 atom stereocenters. The molecule has 4 amide bonds. The number of nitrogens with zero attached hydrogens (tertiary/aromatic N) is 3. The van der Waals surface area contributed by atoms with Gasteiger partial charge in [0, 0.05) is 30.6 Å². The molecule has 0 saturated carbocycles. The number of aromatic nitrogens is 2. The molecular weight excluding hydrogens is 673 g/mol. The maximum atomic E-state index is 13.9. The molecule has 0 spiro atoms. The second-order valence-electron chi connectivity index (χ2n) is 13.0. The fourth-order valence-electron chi connectivity index (χ4n) is 5.39. The molecule has 2 aromatic carbocycles. The van der Waals surface area contributed by atoms with E-state index in [4.69, 9.17) is 4.74 Å². The number of hydrogen-bond donors (Lipinski definition) is 4. The van der Waals surface area contributed by atoms with E-state index in [1.54, 1.807) is 30.1 Å². The summed E-state index contributed by atoms with van der Waals surface area (Å²) in [6, 6.07) is 16.8. The highest BCUT2D eigenvalue weighted by molar-refractivity contribution is 7.09. The molecule has 0 radical (unpaired) electrons. The summed E-state index contributed by atoms with van der Waals surface area (Å²) >= 11 is 2.95. The van der Waals surface area contributed by atoms with Gasteiger partial charge in [-0.2, -0.15) is 0 Å². The summed E-state index contributed by atoms with van der Waals surface area (Å²) in [5, 5.41) is 23.5. The van der Waals surface area contributed by atoms with Gasteiger partial charge in [-0.25, -0.2) is 14.6 Å². The van der Waals surface area contributed by atoms with Crippen molar-refractivity contribution in [3.05, 3.63) is 104 Å². The number of rotatable bonds is 17. The van der Waals surface area contributed by atoms with Gasteiger partial charge in [0.25, 0.3) is 0 Å². The third-order valence-electron chi connectivity index (χ3n) is 8.13. The van der Waals surface area contributed by atoms with Crippen molar-refractivity contribution in [3.8, 4) is 0 Å². The average molecular weight is 721 g/mol. The highest BCUT2D eigenvalue weighted by Crippen LogP contribution is 2.20. The highest BCUT2D eigenvalue weighted by atomic mass is 32.1. The van der Waals surface area contributed by atoms with Crippen LogP contribution in [0.3, 0.4) is 0 Å². The van der Waals surface area contributed by atoms with E-state index in [0.717, 1.165) is 26.7 Å². The number of urea groups is 1. The van der Waals surface area contributed by atoms with Gasteiger partial charge in [-0.05, 0) is 36.3 Å². The average Bonchev–Trinajstić information content (AvgIpc) is 3.79. The van der Waals surface area contributed by atoms with E-state index in [0.29, 0.717) is 25.3 Å². The van der Waals surface area contributed by atoms with Crippen LogP contribution in [0.15, 0.2) is 77.8 Å². The zero-order valence-electron chi connectivity index (χ0n) is 29.2. The molecule has 0 unspecified atom stereocenters. The fourth-order valence-corrected chi connectivity index (χ4v) is 6.72. The third-order valence-corrected chi connectivity index (χ3v) is 10.1. The number of nitrogens with one attached hydrogen (secondary N) is 3. The zero-order valence-corrected chi connectivity index (χ0v) is 30.9. The lowest BCUT2D eigenvalue weighted by molar-refractivity contribution is -0.124. The van der Waals surface area contributed by atoms with Crippen LogP contribution >= 0.6 is 22.7 Å². The Labute approximate surface area is 302 Å². The summed E-state index contributed by atoms with van der Waals surface area (Å²) in [5.41, 5.74) is 4.35. The lowest BCUT2D eigenvalue weighted by Gasteiger charge is -2.30. The largest absolute Gasteiger partial charge is 0.444 e. The molecule has 0 fully saturated rings. The number of carbonyl (C=O) groups is 3. The zero-order chi connectivity index (χ0) is 36.0. The molecule has 4 N–H and O–H groups in total. The van der Waals surface area contributed by atoms with Crippen LogP contribution in [0, 0.1) is 5.92 Å². The van der Waals surface area contributed by atoms with Crippen molar-refractivity contribution in [1.82, 2.24) is 30.8 Å². The van der Waals surface area contributed by atoms with Gasteiger partial charge >= 0.3 is 12.1 Å². The number of aliphatic hydroxyl groups is 1. The minimum absolute atomic E-state index is 0.0671. The summed E-state index contributed by atoms with van der Waals surface area (Å²) in [6.07, 6.45) is 0.836. The van der Waals surface area contributed by atoms with E-state index in [1.807, 2.05) is 79.9 Å². The molecule has 2 heterocycles. The Hall–Kier alpha value is -4.33. The molecule has 13 heteroatoms. The van der Waals surface area contributed by atoms with Gasteiger partial charge in [0.2, 0.25) is 5.91 Å². The smallest absolute Gasteiger partial charge is 0.407 e. The first-order valence-corrected chi connectivity index (χ1v) is 18.6. The summed E-state index contributed by atoms with van der Waals surface area (Å²) in [5.74, 6) is -0.277. The van der Waals surface area contributed by atoms with Crippen LogP contribution in [0.4, 0.5) is 9.59 Å². The van der Waals surface area contributed by atoms with Gasteiger partial charge < -0.3 is 30.7 Å². The third kappa shape index (κ3) is 12.2. The second kappa shape index (κ2) is 19.2. The van der Waals surface area contributed by atoms with Crippen molar-refractivity contribution in [1.29, 1.82) is 0 Å². The highest BCUT2D eigenvalue weighted by Gasteiger charge is 2.31. The Bertz CT molecular complexity index is 1620. The van der Waals surface area contributed by atoms with Crippen LogP contribution in [0.2, 0.25) is 0 Å². The van der Waals surface area contributed by atoms with Gasteiger partial charge in [0.05, 0.1) is 39.8 Å². The summed E-state index contributed by atoms with van der Waals surface area (Å²) in [7, 11) is 1.68. The minimum Gasteiger partial charge on any atom is -0.444 e. The van der Waals surface area contributed by atoms with Crippen molar-refractivity contribution in [2.75, 3.05) is 7.05 Å². The monoisotopic (exact) mass is 720 g/mol. The predicted molar refractivity (Wildman–Crippen MR) is 197 cm³/mol. The molecule has 0 bridgehead atoms. The summed E-state index contributed by atoms with van der Waals surface area (Å²) < 4.78 is 5.42. The molecule has 0 saturated heterocycles. The van der Waals surface area contributed by atoms with Gasteiger partial charge in [-0.3, -0.25) is 9.78 Å². The number of amides is 4. The molecule has 50 heavy (non-hydrogen) atoms. The van der Waals surface area contributed by atoms with E-state index < -0.39 is 30.3 Å². The quantitative estimate of drug-likeness (QED) is 0.106. The van der Waals surface area contributed by atoms with Crippen molar-refractivity contribution in [2.24, 2.45) is 5.92 Å². The first-order chi connectivity index (χ1) is 24.0. The minimum atomic E-state index is -1.05. The Morgan fingerprint density at radius 1 is 0.900 bits per heavy atom. The SMILES string of the molecule is CC(C)c1nc(CN(C)C(=O)N[C@H](C(=O)N[C@H](Cc2ccccc2)C[C@@H](O)[C@H](Cc2ccccc2)NC(=O)OCc2cncs2)C(C)C)cs1. The molecule has 0 aliphatic heterocycles. The van der Waals surface area contributed by atoms with E-state index in [9.17, 15) is 19.5 Å². The van der Waals surface area contributed by atoms with Gasteiger partial charge in [-0.15, -0.1) is 22.7 Å². The number of alkyl carbamates (subject to hydrolysis) is 1. The molecular formula is C37H48N6O5S2. The number of aliphatic hydroxyl groups excluding tert-OH is 1. The van der Waals surface area contributed by atoms with Crippen LogP contribution in [-0.4, -0.2) is 69.3 Å². The lowest BCUT2D eigenvalue weighted by atomic mass is 9.93. The molecule has 4 aromatic rings. The van der Waals surface area contributed by atoms with E-state index in [-0.39, 0.29) is 30.9 Å². The summed E-state index contributed by atoms with van der Waals surface area (Å²) in [6.45, 7) is 8.28. The number of carbonyl (C=O) groups excluding carboxylic acids is 3. The molecule has 4 rings (SSSR count). The maximum absolute atomic E-state index is 13.9. The van der Waals surface area contributed by atoms with Gasteiger partial charge in [-0.1, -0.05) is 88.4 Å². The normalized spacial score (nSPS) is 13.7. The standard InChI is InChI=1S/C37H48N6O5S2/c1-24(2)33(42-36(46)43(5)20-29-22-49-35(40-29)25(3)4)34(45)39-28(16-26-12-8-6-9-13-26)18-32(44)31(17-27-14-10-7-11-15-27)41-37(47)48-21-30-19-38-23-50-30/h6-15,19,22-25,28,31-33,44H,16-18,20-21H2,1-5H3,(H,39,45)(H,41,47)(H,42,46)/t28-,31+,32-,33+/m1/s1. The van der Waals surface area contributed by atoms with Crippen molar-refractivity contribution < 1.29 is 24.2 Å².